The third-order valence-corrected chi connectivity index (χ3v) is 6.28. The third kappa shape index (κ3) is 3.32. The summed E-state index contributed by atoms with van der Waals surface area (Å²) in [5, 5.41) is 2.47. The first kappa shape index (κ1) is 16.2. The van der Waals surface area contributed by atoms with E-state index >= 15 is 0 Å². The first-order chi connectivity index (χ1) is 10.9. The Kier molecular flexibility index (Phi) is 4.29. The van der Waals surface area contributed by atoms with E-state index in [0.717, 1.165) is 19.3 Å². The van der Waals surface area contributed by atoms with Gasteiger partial charge in [0.25, 0.3) is 5.56 Å². The summed E-state index contributed by atoms with van der Waals surface area (Å²) in [7, 11) is -1.17. The molecule has 0 radical (unpaired) electrons. The number of hydrogen-bond donors (Lipinski definition) is 1. The highest BCUT2D eigenvalue weighted by molar-refractivity contribution is 7.91. The lowest BCUT2D eigenvalue weighted by atomic mass is 9.94. The second-order valence-electron chi connectivity index (χ2n) is 6.38. The van der Waals surface area contributed by atoms with Gasteiger partial charge >= 0.3 is 0 Å². The molecule has 1 N–H and O–H groups in total. The van der Waals surface area contributed by atoms with Gasteiger partial charge in [0.1, 0.15) is 0 Å². The molecule has 3 rings (SSSR count). The lowest BCUT2D eigenvalue weighted by Crippen LogP contribution is -2.46. The second-order valence-corrected chi connectivity index (χ2v) is 8.64. The molecule has 0 aliphatic heterocycles. The summed E-state index contributed by atoms with van der Waals surface area (Å²) < 4.78 is 25.5. The smallest absolute Gasteiger partial charge is 0.272 e. The molecule has 0 spiro atoms. The van der Waals surface area contributed by atoms with Gasteiger partial charge in [0, 0.05) is 37.2 Å². The van der Waals surface area contributed by atoms with Crippen molar-refractivity contribution in [2.24, 2.45) is 0 Å². The van der Waals surface area contributed by atoms with E-state index in [0.29, 0.717) is 24.3 Å². The van der Waals surface area contributed by atoms with Crippen LogP contribution in [0.1, 0.15) is 31.4 Å². The van der Waals surface area contributed by atoms with Crippen molar-refractivity contribution < 1.29 is 8.42 Å². The average Bonchev–Trinajstić information content (AvgIpc) is 2.95. The minimum Gasteiger partial charge on any atom is -0.297 e. The van der Waals surface area contributed by atoms with Crippen LogP contribution in [0.5, 0.6) is 0 Å². The van der Waals surface area contributed by atoms with Crippen LogP contribution in [0.4, 0.5) is 0 Å². The molecule has 0 bridgehead atoms. The third-order valence-electron chi connectivity index (χ3n) is 4.63. The van der Waals surface area contributed by atoms with E-state index in [9.17, 15) is 13.2 Å². The zero-order valence-electron chi connectivity index (χ0n) is 13.4. The molecule has 1 saturated carbocycles. The lowest BCUT2D eigenvalue weighted by Gasteiger charge is -2.36. The van der Waals surface area contributed by atoms with Crippen LogP contribution in [0.15, 0.2) is 23.1 Å². The Hall–Kier alpha value is -1.67. The zero-order chi connectivity index (χ0) is 16.6. The molecule has 23 heavy (non-hydrogen) atoms. The number of fused-ring (bicyclic) bond motifs is 1. The van der Waals surface area contributed by atoms with Crippen LogP contribution in [-0.2, 0) is 16.4 Å². The molecule has 1 fully saturated rings. The molecule has 7 nitrogen and oxygen atoms in total. The maximum atomic E-state index is 12.0. The monoisotopic (exact) mass is 338 g/mol. The van der Waals surface area contributed by atoms with Gasteiger partial charge < -0.3 is 0 Å². The summed E-state index contributed by atoms with van der Waals surface area (Å²) in [6.07, 6.45) is 6.55. The van der Waals surface area contributed by atoms with Crippen molar-refractivity contribution in [2.75, 3.05) is 13.3 Å². The maximum absolute atomic E-state index is 12.0. The molecule has 0 amide bonds. The fourth-order valence-corrected chi connectivity index (χ4v) is 5.02. The summed E-state index contributed by atoms with van der Waals surface area (Å²) in [6, 6.07) is 3.22. The quantitative estimate of drug-likeness (QED) is 0.891. The minimum atomic E-state index is -3.08. The molecule has 0 aromatic carbocycles. The molecule has 0 unspecified atom stereocenters. The van der Waals surface area contributed by atoms with Crippen molar-refractivity contribution >= 4 is 15.5 Å². The van der Waals surface area contributed by atoms with Gasteiger partial charge in [-0.25, -0.2) is 17.9 Å². The van der Waals surface area contributed by atoms with E-state index in [1.807, 2.05) is 11.9 Å². The summed E-state index contributed by atoms with van der Waals surface area (Å²) in [5.74, 6) is 0. The van der Waals surface area contributed by atoms with Crippen LogP contribution < -0.4 is 5.56 Å². The SMILES string of the molecule is CN(Cc1cc(=O)n2[nH]ccc2n1)[C@@H]1CCCC[C@H]1S(C)(=O)=O. The van der Waals surface area contributed by atoms with Gasteiger partial charge in [-0.1, -0.05) is 12.8 Å². The highest BCUT2D eigenvalue weighted by Crippen LogP contribution is 2.28. The van der Waals surface area contributed by atoms with Gasteiger partial charge in [-0.15, -0.1) is 0 Å². The van der Waals surface area contributed by atoms with Crippen LogP contribution >= 0.6 is 0 Å². The van der Waals surface area contributed by atoms with E-state index in [1.165, 1.54) is 16.8 Å². The molecule has 2 aromatic heterocycles. The number of aromatic amines is 1. The number of aromatic nitrogens is 3. The highest BCUT2D eigenvalue weighted by atomic mass is 32.2. The van der Waals surface area contributed by atoms with Gasteiger partial charge in [-0.05, 0) is 19.9 Å². The van der Waals surface area contributed by atoms with Crippen molar-refractivity contribution in [1.82, 2.24) is 19.5 Å². The summed E-state index contributed by atoms with van der Waals surface area (Å²) in [6.45, 7) is 0.466. The Morgan fingerprint density at radius 3 is 2.87 bits per heavy atom. The van der Waals surface area contributed by atoms with Crippen LogP contribution in [0.25, 0.3) is 5.65 Å². The molecular weight excluding hydrogens is 316 g/mol. The topological polar surface area (TPSA) is 87.5 Å². The summed E-state index contributed by atoms with van der Waals surface area (Å²) in [5.41, 5.74) is 1.07. The van der Waals surface area contributed by atoms with Gasteiger partial charge in [0.05, 0.1) is 10.9 Å². The fourth-order valence-electron chi connectivity index (χ4n) is 3.51. The molecule has 2 heterocycles. The van der Waals surface area contributed by atoms with E-state index in [2.05, 4.69) is 10.1 Å². The molecule has 8 heteroatoms. The summed E-state index contributed by atoms with van der Waals surface area (Å²) >= 11 is 0. The Morgan fingerprint density at radius 2 is 2.13 bits per heavy atom. The zero-order valence-corrected chi connectivity index (χ0v) is 14.2. The molecule has 126 valence electrons. The Labute approximate surface area is 135 Å². The maximum Gasteiger partial charge on any atom is 0.272 e. The van der Waals surface area contributed by atoms with Gasteiger partial charge in [0.15, 0.2) is 15.5 Å². The van der Waals surface area contributed by atoms with Crippen molar-refractivity contribution in [3.05, 3.63) is 34.4 Å². The van der Waals surface area contributed by atoms with Crippen LogP contribution in [-0.4, -0.2) is 52.5 Å². The first-order valence-corrected chi connectivity index (χ1v) is 9.77. The van der Waals surface area contributed by atoms with E-state index < -0.39 is 9.84 Å². The number of nitrogens with zero attached hydrogens (tertiary/aromatic N) is 3. The second kappa shape index (κ2) is 6.09. The predicted octanol–water partition coefficient (Wildman–Crippen LogP) is 0.810. The van der Waals surface area contributed by atoms with Gasteiger partial charge in [0.2, 0.25) is 0 Å². The molecule has 1 aliphatic carbocycles. The number of sulfone groups is 1. The Balaban J connectivity index is 1.84. The highest BCUT2D eigenvalue weighted by Gasteiger charge is 2.35. The van der Waals surface area contributed by atoms with Crippen LogP contribution in [0.3, 0.4) is 0 Å². The molecular formula is C15H22N4O3S. The van der Waals surface area contributed by atoms with Crippen LogP contribution in [0, 0.1) is 0 Å². The molecule has 2 atom stereocenters. The average molecular weight is 338 g/mol. The van der Waals surface area contributed by atoms with E-state index in [4.69, 9.17) is 0 Å². The van der Waals surface area contributed by atoms with Crippen molar-refractivity contribution in [3.8, 4) is 0 Å². The van der Waals surface area contributed by atoms with Crippen LogP contribution in [0.2, 0.25) is 0 Å². The number of H-pyrrole nitrogens is 1. The number of hydrogen-bond acceptors (Lipinski definition) is 5. The van der Waals surface area contributed by atoms with Gasteiger partial charge in [-0.2, -0.15) is 0 Å². The summed E-state index contributed by atoms with van der Waals surface area (Å²) in [4.78, 5) is 18.5. The van der Waals surface area contributed by atoms with Crippen molar-refractivity contribution in [2.45, 2.75) is 43.5 Å². The molecule has 0 saturated heterocycles. The number of rotatable bonds is 4. The predicted molar refractivity (Wildman–Crippen MR) is 88.2 cm³/mol. The lowest BCUT2D eigenvalue weighted by molar-refractivity contribution is 0.185. The minimum absolute atomic E-state index is 0.0229. The largest absolute Gasteiger partial charge is 0.297 e. The molecule has 2 aromatic rings. The van der Waals surface area contributed by atoms with Crippen molar-refractivity contribution in [1.29, 1.82) is 0 Å². The molecule has 1 aliphatic rings. The van der Waals surface area contributed by atoms with Crippen molar-refractivity contribution in [3.63, 3.8) is 0 Å². The fraction of sp³-hybridized carbons (Fsp3) is 0.600. The van der Waals surface area contributed by atoms with E-state index in [1.54, 1.807) is 12.3 Å². The van der Waals surface area contributed by atoms with E-state index in [-0.39, 0.29) is 16.9 Å². The van der Waals surface area contributed by atoms with Gasteiger partial charge in [-0.3, -0.25) is 14.8 Å². The normalized spacial score (nSPS) is 22.7. The Bertz CT molecular complexity index is 855. The standard InChI is InChI=1S/C15H22N4O3S/c1-18(12-5-3-4-6-13(12)23(2,21)22)10-11-9-15(20)19-14(17-11)7-8-16-19/h7-9,12-13,16H,3-6,10H2,1-2H3/t12-,13-/m1/s1. The Morgan fingerprint density at radius 1 is 1.39 bits per heavy atom. The first-order valence-electron chi connectivity index (χ1n) is 7.81. The number of nitrogens with one attached hydrogen (secondary N) is 1.